The van der Waals surface area contributed by atoms with E-state index in [-0.39, 0.29) is 6.61 Å². The molecule has 0 aliphatic carbocycles. The summed E-state index contributed by atoms with van der Waals surface area (Å²) < 4.78 is 17.6. The molecule has 0 amide bonds. The van der Waals surface area contributed by atoms with E-state index >= 15 is 0 Å². The predicted octanol–water partition coefficient (Wildman–Crippen LogP) is 2.56. The lowest BCUT2D eigenvalue weighted by molar-refractivity contribution is -0.385. The van der Waals surface area contributed by atoms with Crippen molar-refractivity contribution < 1.29 is 18.8 Å². The summed E-state index contributed by atoms with van der Waals surface area (Å²) in [7, 11) is 0. The normalized spacial score (nSPS) is 9.94. The number of halogens is 2. The predicted molar refractivity (Wildman–Crippen MR) is 54.0 cm³/mol. The summed E-state index contributed by atoms with van der Waals surface area (Å²) in [5, 5.41) is 10.2. The van der Waals surface area contributed by atoms with Crippen molar-refractivity contribution in [3.05, 3.63) is 38.7 Å². The second-order valence-corrected chi connectivity index (χ2v) is 3.17. The molecule has 0 aliphatic rings. The Hall–Kier alpha value is -1.69. The highest BCUT2D eigenvalue weighted by molar-refractivity contribution is 6.31. The van der Waals surface area contributed by atoms with Gasteiger partial charge in [0.1, 0.15) is 11.4 Å². The molecule has 7 heteroatoms. The Balaban J connectivity index is 3.30. The second-order valence-electron chi connectivity index (χ2n) is 2.76. The van der Waals surface area contributed by atoms with E-state index in [1.807, 2.05) is 0 Å². The highest BCUT2D eigenvalue weighted by Crippen LogP contribution is 2.26. The third-order valence-corrected chi connectivity index (χ3v) is 2.02. The molecule has 0 saturated carbocycles. The van der Waals surface area contributed by atoms with Gasteiger partial charge in [-0.15, -0.1) is 0 Å². The number of carbonyl (C=O) groups is 1. The maximum absolute atomic E-state index is 13.1. The van der Waals surface area contributed by atoms with Crippen molar-refractivity contribution >= 4 is 23.3 Å². The lowest BCUT2D eigenvalue weighted by Crippen LogP contribution is -2.08. The zero-order valence-electron chi connectivity index (χ0n) is 8.20. The maximum atomic E-state index is 13.1. The van der Waals surface area contributed by atoms with Crippen LogP contribution in [0.1, 0.15) is 17.3 Å². The molecule has 1 aromatic rings. The zero-order valence-corrected chi connectivity index (χ0v) is 8.95. The number of nitro benzene ring substituents is 1. The number of nitro groups is 1. The van der Waals surface area contributed by atoms with Crippen molar-refractivity contribution in [3.8, 4) is 0 Å². The molecular formula is C9H7ClFNO4. The molecule has 0 atom stereocenters. The van der Waals surface area contributed by atoms with Crippen molar-refractivity contribution in [2.45, 2.75) is 6.92 Å². The highest BCUT2D eigenvalue weighted by Gasteiger charge is 2.23. The number of hydrogen-bond donors (Lipinski definition) is 0. The van der Waals surface area contributed by atoms with Crippen LogP contribution in [0.3, 0.4) is 0 Å². The first-order chi connectivity index (χ1) is 7.47. The molecule has 1 rings (SSSR count). The zero-order chi connectivity index (χ0) is 12.3. The van der Waals surface area contributed by atoms with Crippen LogP contribution >= 0.6 is 11.6 Å². The van der Waals surface area contributed by atoms with Gasteiger partial charge in [0, 0.05) is 6.07 Å². The Morgan fingerprint density at radius 2 is 2.25 bits per heavy atom. The van der Waals surface area contributed by atoms with Crippen molar-refractivity contribution in [3.63, 3.8) is 0 Å². The monoisotopic (exact) mass is 247 g/mol. The molecule has 0 radical (unpaired) electrons. The van der Waals surface area contributed by atoms with E-state index in [4.69, 9.17) is 11.6 Å². The molecule has 16 heavy (non-hydrogen) atoms. The molecule has 5 nitrogen and oxygen atoms in total. The lowest BCUT2D eigenvalue weighted by Gasteiger charge is -2.03. The van der Waals surface area contributed by atoms with Gasteiger partial charge in [-0.05, 0) is 13.0 Å². The van der Waals surface area contributed by atoms with Crippen LogP contribution in [0, 0.1) is 15.9 Å². The summed E-state index contributed by atoms with van der Waals surface area (Å²) in [6.07, 6.45) is 0. The van der Waals surface area contributed by atoms with Crippen LogP contribution in [0.5, 0.6) is 0 Å². The van der Waals surface area contributed by atoms with E-state index in [1.165, 1.54) is 6.92 Å². The van der Waals surface area contributed by atoms with Gasteiger partial charge >= 0.3 is 5.97 Å². The Morgan fingerprint density at radius 3 is 2.75 bits per heavy atom. The topological polar surface area (TPSA) is 69.4 Å². The van der Waals surface area contributed by atoms with Crippen LogP contribution in [0.15, 0.2) is 12.1 Å². The average molecular weight is 248 g/mol. The minimum Gasteiger partial charge on any atom is -0.462 e. The fourth-order valence-electron chi connectivity index (χ4n) is 1.06. The Morgan fingerprint density at radius 1 is 1.62 bits per heavy atom. The number of hydrogen-bond acceptors (Lipinski definition) is 4. The largest absolute Gasteiger partial charge is 0.462 e. The first-order valence-electron chi connectivity index (χ1n) is 4.28. The molecule has 0 bridgehead atoms. The fourth-order valence-corrected chi connectivity index (χ4v) is 1.22. The van der Waals surface area contributed by atoms with E-state index in [0.717, 1.165) is 6.07 Å². The van der Waals surface area contributed by atoms with Gasteiger partial charge in [-0.1, -0.05) is 11.6 Å². The maximum Gasteiger partial charge on any atom is 0.345 e. The Bertz CT molecular complexity index is 449. The van der Waals surface area contributed by atoms with Crippen LogP contribution in [0.25, 0.3) is 0 Å². The van der Waals surface area contributed by atoms with Crippen molar-refractivity contribution in [1.82, 2.24) is 0 Å². The van der Waals surface area contributed by atoms with Crippen LogP contribution < -0.4 is 0 Å². The first-order valence-corrected chi connectivity index (χ1v) is 4.65. The smallest absolute Gasteiger partial charge is 0.345 e. The summed E-state index contributed by atoms with van der Waals surface area (Å²) in [4.78, 5) is 21.1. The molecule has 0 N–H and O–H groups in total. The third kappa shape index (κ3) is 2.46. The second kappa shape index (κ2) is 4.89. The molecule has 0 unspecified atom stereocenters. The summed E-state index contributed by atoms with van der Waals surface area (Å²) in [5.41, 5.74) is -1.03. The lowest BCUT2D eigenvalue weighted by atomic mass is 10.2. The molecule has 0 heterocycles. The van der Waals surface area contributed by atoms with Gasteiger partial charge in [0.2, 0.25) is 0 Å². The van der Waals surface area contributed by atoms with E-state index in [0.29, 0.717) is 6.07 Å². The number of rotatable bonds is 3. The number of benzene rings is 1. The van der Waals surface area contributed by atoms with E-state index in [2.05, 4.69) is 4.74 Å². The molecule has 0 fully saturated rings. The molecule has 0 saturated heterocycles. The number of ether oxygens (including phenoxy) is 1. The number of nitrogens with zero attached hydrogens (tertiary/aromatic N) is 1. The van der Waals surface area contributed by atoms with Gasteiger partial charge in [-0.2, -0.15) is 0 Å². The fraction of sp³-hybridized carbons (Fsp3) is 0.222. The van der Waals surface area contributed by atoms with Crippen molar-refractivity contribution in [1.29, 1.82) is 0 Å². The van der Waals surface area contributed by atoms with E-state index in [9.17, 15) is 19.3 Å². The molecule has 1 aromatic carbocycles. The van der Waals surface area contributed by atoms with E-state index in [1.54, 1.807) is 0 Å². The van der Waals surface area contributed by atoms with E-state index < -0.39 is 33.0 Å². The van der Waals surface area contributed by atoms with Gasteiger partial charge in [0.15, 0.2) is 0 Å². The van der Waals surface area contributed by atoms with Gasteiger partial charge in [-0.25, -0.2) is 9.18 Å². The van der Waals surface area contributed by atoms with Crippen LogP contribution in [-0.4, -0.2) is 17.5 Å². The third-order valence-electron chi connectivity index (χ3n) is 1.73. The van der Waals surface area contributed by atoms with Crippen LogP contribution in [0.2, 0.25) is 5.02 Å². The minimum atomic E-state index is -0.954. The standard InChI is InChI=1S/C9H7ClFNO4/c1-2-16-9(13)5-3-7(11)6(10)4-8(5)12(14)15/h3-4H,2H2,1H3. The number of carbonyl (C=O) groups excluding carboxylic acids is 1. The SMILES string of the molecule is CCOC(=O)c1cc(F)c(Cl)cc1[N+](=O)[O-]. The summed E-state index contributed by atoms with van der Waals surface area (Å²) in [6, 6.07) is 1.47. The number of esters is 1. The van der Waals surface area contributed by atoms with Gasteiger partial charge in [-0.3, -0.25) is 10.1 Å². The molecule has 86 valence electrons. The van der Waals surface area contributed by atoms with Gasteiger partial charge < -0.3 is 4.74 Å². The highest BCUT2D eigenvalue weighted by atomic mass is 35.5. The summed E-state index contributed by atoms with van der Waals surface area (Å²) in [5.74, 6) is -1.86. The first kappa shape index (κ1) is 12.4. The summed E-state index contributed by atoms with van der Waals surface area (Å²) in [6.45, 7) is 1.58. The molecule has 0 aromatic heterocycles. The Kier molecular flexibility index (Phi) is 3.78. The van der Waals surface area contributed by atoms with Gasteiger partial charge in [0.05, 0.1) is 16.6 Å². The molecular weight excluding hydrogens is 241 g/mol. The minimum absolute atomic E-state index is 0.0419. The van der Waals surface area contributed by atoms with Gasteiger partial charge in [0.25, 0.3) is 5.69 Å². The molecule has 0 aliphatic heterocycles. The van der Waals surface area contributed by atoms with Crippen molar-refractivity contribution in [2.24, 2.45) is 0 Å². The van der Waals surface area contributed by atoms with Crippen molar-refractivity contribution in [2.75, 3.05) is 6.61 Å². The quantitative estimate of drug-likeness (QED) is 0.468. The van der Waals surface area contributed by atoms with Crippen LogP contribution in [0.4, 0.5) is 10.1 Å². The van der Waals surface area contributed by atoms with Crippen LogP contribution in [-0.2, 0) is 4.74 Å². The molecule has 0 spiro atoms. The average Bonchev–Trinajstić information content (AvgIpc) is 2.21. The summed E-state index contributed by atoms with van der Waals surface area (Å²) >= 11 is 5.38. The Labute approximate surface area is 94.9 Å².